The van der Waals surface area contributed by atoms with Gasteiger partial charge in [0.05, 0.1) is 10.2 Å². The summed E-state index contributed by atoms with van der Waals surface area (Å²) in [6.45, 7) is 1.02. The van der Waals surface area contributed by atoms with Gasteiger partial charge in [-0.15, -0.1) is 5.10 Å². The lowest BCUT2D eigenvalue weighted by Gasteiger charge is -2.18. The summed E-state index contributed by atoms with van der Waals surface area (Å²) in [5.74, 6) is 1.88. The first-order valence-electron chi connectivity index (χ1n) is 12.4. The van der Waals surface area contributed by atoms with Gasteiger partial charge in [-0.05, 0) is 48.0 Å². The maximum atomic E-state index is 13.3. The molecule has 0 N–H and O–H groups in total. The van der Waals surface area contributed by atoms with Gasteiger partial charge in [0, 0.05) is 17.3 Å². The molecule has 0 spiro atoms. The summed E-state index contributed by atoms with van der Waals surface area (Å²) in [5.41, 5.74) is 4.11. The molecule has 7 rings (SSSR count). The SMILES string of the molecule is O=c1c(=Cc2cn(-c3ccccc3)nc2-c2ccc3c(c2)OCCO3)sc2nc(C=Cc3ccccc3)nn12. The Morgan fingerprint density at radius 3 is 2.41 bits per heavy atom. The first-order chi connectivity index (χ1) is 19.2. The van der Waals surface area contributed by atoms with Crippen LogP contribution in [0.3, 0.4) is 0 Å². The molecule has 1 aliphatic rings. The third-order valence-electron chi connectivity index (χ3n) is 6.29. The second kappa shape index (κ2) is 9.70. The average molecular weight is 532 g/mol. The Hall–Kier alpha value is -5.02. The fraction of sp³-hybridized carbons (Fsp3) is 0.0667. The van der Waals surface area contributed by atoms with Crippen molar-refractivity contribution < 1.29 is 9.47 Å². The van der Waals surface area contributed by atoms with Crippen LogP contribution in [0, 0.1) is 0 Å². The fourth-order valence-corrected chi connectivity index (χ4v) is 5.32. The van der Waals surface area contributed by atoms with Crippen LogP contribution in [0.4, 0.5) is 0 Å². The van der Waals surface area contributed by atoms with Gasteiger partial charge in [-0.25, -0.2) is 4.68 Å². The number of thiazole rings is 1. The second-order valence-electron chi connectivity index (χ2n) is 8.90. The number of hydrogen-bond acceptors (Lipinski definition) is 7. The van der Waals surface area contributed by atoms with Crippen LogP contribution in [0.1, 0.15) is 17.0 Å². The summed E-state index contributed by atoms with van der Waals surface area (Å²) in [7, 11) is 0. The lowest BCUT2D eigenvalue weighted by Crippen LogP contribution is -2.23. The molecule has 4 heterocycles. The van der Waals surface area contributed by atoms with Gasteiger partial charge in [-0.2, -0.15) is 14.6 Å². The largest absolute Gasteiger partial charge is 0.486 e. The monoisotopic (exact) mass is 531 g/mol. The summed E-state index contributed by atoms with van der Waals surface area (Å²) in [6.07, 6.45) is 7.50. The topological polar surface area (TPSA) is 83.5 Å². The number of hydrogen-bond donors (Lipinski definition) is 0. The molecule has 190 valence electrons. The third kappa shape index (κ3) is 4.49. The normalized spacial score (nSPS) is 13.5. The standard InChI is InChI=1S/C30H21N5O3S/c36-29-26(39-30-31-27(32-35(29)30)14-11-20-7-3-1-4-8-20)18-22-19-34(23-9-5-2-6-10-23)33-28(22)21-12-13-24-25(17-21)38-16-15-37-24/h1-14,17-19H,15-16H2. The summed E-state index contributed by atoms with van der Waals surface area (Å²) < 4.78 is 15.2. The molecule has 3 aromatic heterocycles. The molecule has 1 aliphatic heterocycles. The summed E-state index contributed by atoms with van der Waals surface area (Å²) in [4.78, 5) is 18.4. The molecule has 0 unspecified atom stereocenters. The maximum absolute atomic E-state index is 13.3. The number of aromatic nitrogens is 5. The summed E-state index contributed by atoms with van der Waals surface area (Å²) >= 11 is 1.30. The van der Waals surface area contributed by atoms with E-state index in [-0.39, 0.29) is 5.56 Å². The van der Waals surface area contributed by atoms with Crippen LogP contribution in [-0.4, -0.2) is 37.6 Å². The van der Waals surface area contributed by atoms with Crippen molar-refractivity contribution in [3.8, 4) is 28.4 Å². The van der Waals surface area contributed by atoms with Gasteiger partial charge in [0.2, 0.25) is 4.96 Å². The highest BCUT2D eigenvalue weighted by Gasteiger charge is 2.17. The van der Waals surface area contributed by atoms with Crippen LogP contribution in [0.2, 0.25) is 0 Å². The molecular weight excluding hydrogens is 510 g/mol. The highest BCUT2D eigenvalue weighted by Crippen LogP contribution is 2.35. The van der Waals surface area contributed by atoms with Gasteiger partial charge in [-0.1, -0.05) is 65.9 Å². The van der Waals surface area contributed by atoms with Crippen molar-refractivity contribution in [3.63, 3.8) is 0 Å². The first-order valence-corrected chi connectivity index (χ1v) is 13.2. The Labute approximate surface area is 226 Å². The van der Waals surface area contributed by atoms with E-state index in [1.807, 2.05) is 108 Å². The molecule has 0 radical (unpaired) electrons. The van der Waals surface area contributed by atoms with Crippen molar-refractivity contribution in [2.75, 3.05) is 13.2 Å². The minimum absolute atomic E-state index is 0.220. The van der Waals surface area contributed by atoms with Crippen molar-refractivity contribution in [2.24, 2.45) is 0 Å². The Morgan fingerprint density at radius 1 is 0.846 bits per heavy atom. The minimum atomic E-state index is -0.220. The number of rotatable bonds is 5. The quantitative estimate of drug-likeness (QED) is 0.326. The van der Waals surface area contributed by atoms with Crippen LogP contribution in [0.5, 0.6) is 11.5 Å². The van der Waals surface area contributed by atoms with Crippen LogP contribution in [0.25, 0.3) is 40.1 Å². The highest BCUT2D eigenvalue weighted by atomic mass is 32.1. The molecule has 0 fully saturated rings. The number of benzene rings is 3. The van der Waals surface area contributed by atoms with Gasteiger partial charge >= 0.3 is 0 Å². The molecule has 0 atom stereocenters. The van der Waals surface area contributed by atoms with E-state index in [0.717, 1.165) is 28.1 Å². The predicted molar refractivity (Wildman–Crippen MR) is 151 cm³/mol. The smallest absolute Gasteiger partial charge is 0.291 e. The molecule has 0 bridgehead atoms. The van der Waals surface area contributed by atoms with Gasteiger partial charge in [0.25, 0.3) is 5.56 Å². The van der Waals surface area contributed by atoms with Crippen LogP contribution >= 0.6 is 11.3 Å². The van der Waals surface area contributed by atoms with Gasteiger partial charge in [-0.3, -0.25) is 4.79 Å². The van der Waals surface area contributed by atoms with Crippen molar-refractivity contribution >= 4 is 34.5 Å². The van der Waals surface area contributed by atoms with E-state index >= 15 is 0 Å². The summed E-state index contributed by atoms with van der Waals surface area (Å²) in [5, 5.41) is 9.30. The van der Waals surface area contributed by atoms with Crippen LogP contribution in [0.15, 0.2) is 89.9 Å². The minimum Gasteiger partial charge on any atom is -0.486 e. The molecule has 3 aromatic carbocycles. The van der Waals surface area contributed by atoms with Gasteiger partial charge in [0.1, 0.15) is 18.9 Å². The molecule has 0 aliphatic carbocycles. The number of fused-ring (bicyclic) bond motifs is 2. The molecule has 0 saturated carbocycles. The molecule has 8 nitrogen and oxygen atoms in total. The van der Waals surface area contributed by atoms with E-state index in [1.54, 1.807) is 0 Å². The Bertz CT molecular complexity index is 1940. The van der Waals surface area contributed by atoms with E-state index in [2.05, 4.69) is 10.1 Å². The van der Waals surface area contributed by atoms with Gasteiger partial charge < -0.3 is 9.47 Å². The highest BCUT2D eigenvalue weighted by molar-refractivity contribution is 7.15. The fourth-order valence-electron chi connectivity index (χ4n) is 4.42. The second-order valence-corrected chi connectivity index (χ2v) is 9.90. The van der Waals surface area contributed by atoms with E-state index in [9.17, 15) is 4.79 Å². The lowest BCUT2D eigenvalue weighted by molar-refractivity contribution is 0.171. The molecular formula is C30H21N5O3S. The van der Waals surface area contributed by atoms with Crippen molar-refractivity contribution in [1.82, 2.24) is 24.4 Å². The van der Waals surface area contributed by atoms with Crippen molar-refractivity contribution in [1.29, 1.82) is 0 Å². The van der Waals surface area contributed by atoms with Crippen molar-refractivity contribution in [3.05, 3.63) is 117 Å². The van der Waals surface area contributed by atoms with Gasteiger partial charge in [0.15, 0.2) is 17.3 Å². The maximum Gasteiger partial charge on any atom is 0.291 e. The molecule has 9 heteroatoms. The lowest BCUT2D eigenvalue weighted by atomic mass is 10.1. The zero-order valence-electron chi connectivity index (χ0n) is 20.6. The Morgan fingerprint density at radius 2 is 1.62 bits per heavy atom. The first kappa shape index (κ1) is 23.1. The molecule has 6 aromatic rings. The Kier molecular flexibility index (Phi) is 5.75. The Balaban J connectivity index is 1.31. The molecule has 0 amide bonds. The van der Waals surface area contributed by atoms with E-state index in [4.69, 9.17) is 14.6 Å². The van der Waals surface area contributed by atoms with Crippen LogP contribution in [-0.2, 0) is 0 Å². The van der Waals surface area contributed by atoms with Crippen molar-refractivity contribution in [2.45, 2.75) is 0 Å². The summed E-state index contributed by atoms with van der Waals surface area (Å²) in [6, 6.07) is 25.5. The number of para-hydroxylation sites is 1. The molecule has 39 heavy (non-hydrogen) atoms. The van der Waals surface area contributed by atoms with Crippen LogP contribution < -0.4 is 19.6 Å². The number of ether oxygens (including phenoxy) is 2. The number of nitrogens with zero attached hydrogens (tertiary/aromatic N) is 5. The average Bonchev–Trinajstić information content (AvgIpc) is 3.67. The third-order valence-corrected chi connectivity index (χ3v) is 7.25. The predicted octanol–water partition coefficient (Wildman–Crippen LogP) is 4.49. The molecule has 0 saturated heterocycles. The van der Waals surface area contributed by atoms with E-state index in [0.29, 0.717) is 40.0 Å². The zero-order valence-corrected chi connectivity index (χ0v) is 21.4. The zero-order chi connectivity index (χ0) is 26.2. The van der Waals surface area contributed by atoms with E-state index < -0.39 is 0 Å². The van der Waals surface area contributed by atoms with E-state index in [1.165, 1.54) is 15.9 Å².